The fourth-order valence-corrected chi connectivity index (χ4v) is 4.98. The van der Waals surface area contributed by atoms with Gasteiger partial charge < -0.3 is 19.4 Å². The third kappa shape index (κ3) is 4.89. The molecule has 3 fully saturated rings. The molecule has 3 saturated heterocycles. The molecular formula is C24H33N7O2. The Bertz CT molecular complexity index is 957. The summed E-state index contributed by atoms with van der Waals surface area (Å²) in [6.45, 7) is 5.09. The van der Waals surface area contributed by atoms with Crippen molar-refractivity contribution < 1.29 is 9.53 Å². The number of hydrogen-bond acceptors (Lipinski definition) is 8. The summed E-state index contributed by atoms with van der Waals surface area (Å²) in [5, 5.41) is 0. The third-order valence-corrected chi connectivity index (χ3v) is 6.93. The highest BCUT2D eigenvalue weighted by Gasteiger charge is 2.34. The van der Waals surface area contributed by atoms with E-state index in [0.29, 0.717) is 13.1 Å². The lowest BCUT2D eigenvalue weighted by Gasteiger charge is -2.36. The van der Waals surface area contributed by atoms with Crippen LogP contribution in [0.1, 0.15) is 37.3 Å². The predicted octanol–water partition coefficient (Wildman–Crippen LogP) is 1.73. The van der Waals surface area contributed by atoms with Crippen molar-refractivity contribution in [2.24, 2.45) is 0 Å². The minimum Gasteiger partial charge on any atom is -0.497 e. The molecule has 1 amide bonds. The number of carbonyl (C=O) groups is 1. The zero-order chi connectivity index (χ0) is 22.6. The van der Waals surface area contributed by atoms with Gasteiger partial charge in [-0.2, -0.15) is 0 Å². The van der Waals surface area contributed by atoms with Crippen LogP contribution in [0.2, 0.25) is 0 Å². The number of nitrogens with zero attached hydrogens (tertiary/aromatic N) is 5. The topological polar surface area (TPSA) is 85.9 Å². The molecule has 176 valence electrons. The van der Waals surface area contributed by atoms with Gasteiger partial charge in [-0.15, -0.1) is 0 Å². The zero-order valence-electron chi connectivity index (χ0n) is 19.2. The summed E-state index contributed by atoms with van der Waals surface area (Å²) in [7, 11) is 1.67. The normalized spacial score (nSPS) is 23.6. The molecule has 5 rings (SSSR count). The van der Waals surface area contributed by atoms with E-state index in [1.165, 1.54) is 19.3 Å². The van der Waals surface area contributed by atoms with Crippen LogP contribution in [-0.2, 0) is 4.79 Å². The molecule has 1 aromatic heterocycles. The van der Waals surface area contributed by atoms with Gasteiger partial charge in [-0.25, -0.2) is 20.8 Å². The van der Waals surface area contributed by atoms with Gasteiger partial charge in [-0.3, -0.25) is 4.79 Å². The Morgan fingerprint density at radius 1 is 0.939 bits per heavy atom. The molecule has 2 aromatic rings. The number of hydrogen-bond donors (Lipinski definition) is 2. The third-order valence-electron chi connectivity index (χ3n) is 6.93. The summed E-state index contributed by atoms with van der Waals surface area (Å²) in [6, 6.07) is 9.96. The summed E-state index contributed by atoms with van der Waals surface area (Å²) >= 11 is 0. The number of aromatic nitrogens is 2. The number of anilines is 2. The summed E-state index contributed by atoms with van der Waals surface area (Å²) in [5.74, 6) is 2.96. The van der Waals surface area contributed by atoms with E-state index in [4.69, 9.17) is 4.74 Å². The fourth-order valence-electron chi connectivity index (χ4n) is 4.98. The molecule has 0 aliphatic carbocycles. The van der Waals surface area contributed by atoms with Gasteiger partial charge in [0.1, 0.15) is 29.8 Å². The van der Waals surface area contributed by atoms with Crippen LogP contribution in [0.4, 0.5) is 11.6 Å². The van der Waals surface area contributed by atoms with Crippen LogP contribution in [0.3, 0.4) is 0 Å². The molecule has 9 nitrogen and oxygen atoms in total. The molecule has 0 bridgehead atoms. The van der Waals surface area contributed by atoms with Crippen molar-refractivity contribution in [3.63, 3.8) is 0 Å². The lowest BCUT2D eigenvalue weighted by Crippen LogP contribution is -2.53. The standard InChI is InChI=1S/C24H33N7O2/c1-33-19-7-5-6-18(14-19)20-15-21(28-27-20)24(32)31-12-10-30(11-13-31)23-16-22(25-17-26-23)29-8-3-2-4-9-29/h5-7,14,16-17,20-21,27-28H,2-4,8-13,15H2,1H3. The van der Waals surface area contributed by atoms with Gasteiger partial charge in [0.05, 0.1) is 7.11 Å². The maximum Gasteiger partial charge on any atom is 0.241 e. The number of benzene rings is 1. The quantitative estimate of drug-likeness (QED) is 0.711. The van der Waals surface area contributed by atoms with E-state index in [-0.39, 0.29) is 18.0 Å². The maximum atomic E-state index is 13.2. The molecule has 1 aromatic carbocycles. The van der Waals surface area contributed by atoms with Gasteiger partial charge in [-0.05, 0) is 43.4 Å². The van der Waals surface area contributed by atoms with Gasteiger partial charge in [0.25, 0.3) is 0 Å². The Hall–Kier alpha value is -2.91. The minimum atomic E-state index is -0.225. The summed E-state index contributed by atoms with van der Waals surface area (Å²) in [6.07, 6.45) is 6.14. The van der Waals surface area contributed by atoms with E-state index in [0.717, 1.165) is 55.5 Å². The van der Waals surface area contributed by atoms with Crippen LogP contribution < -0.4 is 25.4 Å². The summed E-state index contributed by atoms with van der Waals surface area (Å²) in [4.78, 5) is 28.7. The van der Waals surface area contributed by atoms with Gasteiger partial charge in [0, 0.05) is 51.4 Å². The van der Waals surface area contributed by atoms with Crippen molar-refractivity contribution in [2.45, 2.75) is 37.8 Å². The van der Waals surface area contributed by atoms with Crippen molar-refractivity contribution in [3.8, 4) is 5.75 Å². The molecule has 0 spiro atoms. The molecule has 0 radical (unpaired) electrons. The van der Waals surface area contributed by atoms with Gasteiger partial charge >= 0.3 is 0 Å². The average Bonchev–Trinajstić information content (AvgIpc) is 3.39. The fraction of sp³-hybridized carbons (Fsp3) is 0.542. The van der Waals surface area contributed by atoms with Crippen LogP contribution >= 0.6 is 0 Å². The molecule has 2 atom stereocenters. The number of rotatable bonds is 5. The number of ether oxygens (including phenoxy) is 1. The molecule has 3 aliphatic rings. The van der Waals surface area contributed by atoms with Crippen LogP contribution in [0, 0.1) is 0 Å². The molecule has 4 heterocycles. The summed E-state index contributed by atoms with van der Waals surface area (Å²) < 4.78 is 5.33. The number of carbonyl (C=O) groups excluding carboxylic acids is 1. The highest BCUT2D eigenvalue weighted by Crippen LogP contribution is 2.27. The Morgan fingerprint density at radius 2 is 1.67 bits per heavy atom. The predicted molar refractivity (Wildman–Crippen MR) is 127 cm³/mol. The number of hydrazine groups is 1. The molecule has 2 N–H and O–H groups in total. The van der Waals surface area contributed by atoms with Crippen molar-refractivity contribution >= 4 is 17.5 Å². The van der Waals surface area contributed by atoms with Crippen LogP contribution in [0.15, 0.2) is 36.7 Å². The Kier molecular flexibility index (Phi) is 6.59. The van der Waals surface area contributed by atoms with Gasteiger partial charge in [0.2, 0.25) is 5.91 Å². The van der Waals surface area contributed by atoms with E-state index >= 15 is 0 Å². The highest BCUT2D eigenvalue weighted by molar-refractivity contribution is 5.82. The number of piperazine rings is 1. The summed E-state index contributed by atoms with van der Waals surface area (Å²) in [5.41, 5.74) is 7.61. The van der Waals surface area contributed by atoms with Crippen molar-refractivity contribution in [1.82, 2.24) is 25.7 Å². The number of methoxy groups -OCH3 is 1. The second-order valence-corrected chi connectivity index (χ2v) is 9.00. The lowest BCUT2D eigenvalue weighted by molar-refractivity contribution is -0.133. The SMILES string of the molecule is COc1cccc(C2CC(C(=O)N3CCN(c4cc(N5CCCCC5)ncn4)CC3)NN2)c1. The van der Waals surface area contributed by atoms with Gasteiger partial charge in [0.15, 0.2) is 0 Å². The molecular weight excluding hydrogens is 418 g/mol. The van der Waals surface area contributed by atoms with E-state index in [2.05, 4.69) is 42.8 Å². The Morgan fingerprint density at radius 3 is 2.39 bits per heavy atom. The average molecular weight is 452 g/mol. The Labute approximate surface area is 195 Å². The van der Waals surface area contributed by atoms with Crippen LogP contribution in [0.5, 0.6) is 5.75 Å². The Balaban J connectivity index is 1.16. The first-order chi connectivity index (χ1) is 16.2. The second kappa shape index (κ2) is 9.93. The molecule has 2 unspecified atom stereocenters. The zero-order valence-corrected chi connectivity index (χ0v) is 19.2. The van der Waals surface area contributed by atoms with Crippen molar-refractivity contribution in [2.75, 3.05) is 56.2 Å². The number of nitrogens with one attached hydrogen (secondary N) is 2. The molecule has 3 aliphatic heterocycles. The van der Waals surface area contributed by atoms with Crippen LogP contribution in [-0.4, -0.2) is 73.2 Å². The number of piperidine rings is 1. The molecule has 0 saturated carbocycles. The van der Waals surface area contributed by atoms with E-state index in [1.54, 1.807) is 13.4 Å². The van der Waals surface area contributed by atoms with E-state index in [1.807, 2.05) is 23.1 Å². The van der Waals surface area contributed by atoms with Gasteiger partial charge in [-0.1, -0.05) is 12.1 Å². The van der Waals surface area contributed by atoms with Crippen molar-refractivity contribution in [3.05, 3.63) is 42.2 Å². The largest absolute Gasteiger partial charge is 0.497 e. The maximum absolute atomic E-state index is 13.2. The smallest absolute Gasteiger partial charge is 0.241 e. The minimum absolute atomic E-state index is 0.0876. The molecule has 9 heteroatoms. The lowest BCUT2D eigenvalue weighted by atomic mass is 10.0. The van der Waals surface area contributed by atoms with E-state index in [9.17, 15) is 4.79 Å². The highest BCUT2D eigenvalue weighted by atomic mass is 16.5. The van der Waals surface area contributed by atoms with Crippen molar-refractivity contribution in [1.29, 1.82) is 0 Å². The van der Waals surface area contributed by atoms with E-state index < -0.39 is 0 Å². The monoisotopic (exact) mass is 451 g/mol. The van der Waals surface area contributed by atoms with Crippen LogP contribution in [0.25, 0.3) is 0 Å². The molecule has 33 heavy (non-hydrogen) atoms. The second-order valence-electron chi connectivity index (χ2n) is 9.00. The number of amides is 1. The first-order valence-electron chi connectivity index (χ1n) is 12.0. The first-order valence-corrected chi connectivity index (χ1v) is 12.0. The first kappa shape index (κ1) is 21.9.